The molecule has 0 bridgehead atoms. The number of hydrogen-bond acceptors (Lipinski definition) is 6. The Morgan fingerprint density at radius 3 is 2.67 bits per heavy atom. The van der Waals surface area contributed by atoms with Crippen LogP contribution in [0.2, 0.25) is 0 Å². The third-order valence-corrected chi connectivity index (χ3v) is 3.27. The fourth-order valence-corrected chi connectivity index (χ4v) is 2.08. The summed E-state index contributed by atoms with van der Waals surface area (Å²) >= 11 is 3.07. The number of amides is 1. The lowest BCUT2D eigenvalue weighted by molar-refractivity contribution is -0.384. The highest BCUT2D eigenvalue weighted by molar-refractivity contribution is 9.10. The van der Waals surface area contributed by atoms with Gasteiger partial charge in [0.2, 0.25) is 0 Å². The number of carbonyl (C=O) groups excluding carboxylic acids is 2. The van der Waals surface area contributed by atoms with Crippen LogP contribution >= 0.6 is 15.9 Å². The Labute approximate surface area is 144 Å². The first kappa shape index (κ1) is 17.4. The number of nitrogens with one attached hydrogen (secondary N) is 1. The molecule has 0 saturated carbocycles. The van der Waals surface area contributed by atoms with Gasteiger partial charge < -0.3 is 14.5 Å². The van der Waals surface area contributed by atoms with Crippen molar-refractivity contribution in [3.8, 4) is 0 Å². The molecular formula is C15H11BrN2O6. The fourth-order valence-electron chi connectivity index (χ4n) is 1.77. The van der Waals surface area contributed by atoms with Gasteiger partial charge in [-0.1, -0.05) is 12.1 Å². The van der Waals surface area contributed by atoms with E-state index in [-0.39, 0.29) is 17.1 Å². The number of nitro groups is 1. The van der Waals surface area contributed by atoms with Crippen molar-refractivity contribution in [3.63, 3.8) is 0 Å². The number of nitrogens with zero attached hydrogens (tertiary/aromatic N) is 1. The molecule has 0 aliphatic rings. The number of esters is 1. The Morgan fingerprint density at radius 1 is 1.33 bits per heavy atom. The molecule has 0 radical (unpaired) electrons. The van der Waals surface area contributed by atoms with Crippen molar-refractivity contribution in [2.24, 2.45) is 0 Å². The van der Waals surface area contributed by atoms with E-state index < -0.39 is 16.8 Å². The van der Waals surface area contributed by atoms with Crippen LogP contribution < -0.4 is 5.32 Å². The summed E-state index contributed by atoms with van der Waals surface area (Å²) in [5.74, 6) is -1.49. The van der Waals surface area contributed by atoms with E-state index in [9.17, 15) is 19.7 Å². The molecule has 0 aliphatic carbocycles. The molecule has 0 spiro atoms. The number of non-ortho nitro benzene ring substituents is 1. The first-order valence-electron chi connectivity index (χ1n) is 6.52. The van der Waals surface area contributed by atoms with Crippen molar-refractivity contribution in [2.75, 3.05) is 7.11 Å². The summed E-state index contributed by atoms with van der Waals surface area (Å²) in [6.45, 7) is 0. The lowest BCUT2D eigenvalue weighted by Gasteiger charge is -2.07. The number of carbonyl (C=O) groups is 2. The summed E-state index contributed by atoms with van der Waals surface area (Å²) in [6.07, 6.45) is 1.27. The predicted molar refractivity (Wildman–Crippen MR) is 87.0 cm³/mol. The number of ether oxygens (including phenoxy) is 1. The first-order valence-corrected chi connectivity index (χ1v) is 7.31. The van der Waals surface area contributed by atoms with Crippen LogP contribution in [-0.4, -0.2) is 23.9 Å². The van der Waals surface area contributed by atoms with Crippen LogP contribution in [0.1, 0.15) is 16.1 Å². The van der Waals surface area contributed by atoms with Crippen LogP contribution in [0.4, 0.5) is 5.69 Å². The molecule has 1 aromatic carbocycles. The van der Waals surface area contributed by atoms with E-state index in [1.54, 1.807) is 6.07 Å². The maximum atomic E-state index is 12.1. The SMILES string of the molecule is COC(=O)/C(=C/c1cccc([N+](=O)[O-])c1)NC(=O)c1ccc(Br)o1. The van der Waals surface area contributed by atoms with Crippen molar-refractivity contribution in [1.82, 2.24) is 5.32 Å². The zero-order valence-electron chi connectivity index (χ0n) is 12.3. The quantitative estimate of drug-likeness (QED) is 0.361. The van der Waals surface area contributed by atoms with Crippen LogP contribution in [0.15, 0.2) is 51.2 Å². The van der Waals surface area contributed by atoms with E-state index in [4.69, 9.17) is 4.42 Å². The predicted octanol–water partition coefficient (Wildman–Crippen LogP) is 2.89. The Hall–Kier alpha value is -2.94. The molecular weight excluding hydrogens is 384 g/mol. The van der Waals surface area contributed by atoms with Crippen LogP contribution in [0.3, 0.4) is 0 Å². The van der Waals surface area contributed by atoms with Gasteiger partial charge in [0.05, 0.1) is 12.0 Å². The van der Waals surface area contributed by atoms with Gasteiger partial charge in [-0.3, -0.25) is 14.9 Å². The molecule has 0 saturated heterocycles. The molecule has 1 N–H and O–H groups in total. The lowest BCUT2D eigenvalue weighted by atomic mass is 10.1. The molecule has 0 fully saturated rings. The maximum absolute atomic E-state index is 12.1. The van der Waals surface area contributed by atoms with Crippen molar-refractivity contribution < 1.29 is 23.7 Å². The molecule has 1 aromatic heterocycles. The van der Waals surface area contributed by atoms with Gasteiger partial charge in [0.1, 0.15) is 5.70 Å². The third kappa shape index (κ3) is 4.29. The second-order valence-electron chi connectivity index (χ2n) is 4.46. The number of rotatable bonds is 5. The molecule has 1 amide bonds. The van der Waals surface area contributed by atoms with Gasteiger partial charge in [-0.15, -0.1) is 0 Å². The van der Waals surface area contributed by atoms with Crippen molar-refractivity contribution in [1.29, 1.82) is 0 Å². The van der Waals surface area contributed by atoms with Crippen LogP contribution in [0.5, 0.6) is 0 Å². The van der Waals surface area contributed by atoms with Gasteiger partial charge in [-0.25, -0.2) is 4.79 Å². The summed E-state index contributed by atoms with van der Waals surface area (Å²) in [4.78, 5) is 34.1. The molecule has 0 atom stereocenters. The van der Waals surface area contributed by atoms with E-state index in [0.717, 1.165) is 7.11 Å². The van der Waals surface area contributed by atoms with Crippen molar-refractivity contribution in [3.05, 3.63) is 68.2 Å². The highest BCUT2D eigenvalue weighted by atomic mass is 79.9. The molecule has 0 aliphatic heterocycles. The van der Waals surface area contributed by atoms with E-state index in [2.05, 4.69) is 26.0 Å². The number of nitro benzene ring substituents is 1. The van der Waals surface area contributed by atoms with Gasteiger partial charge in [-0.2, -0.15) is 0 Å². The van der Waals surface area contributed by atoms with Gasteiger partial charge in [0.25, 0.3) is 11.6 Å². The summed E-state index contributed by atoms with van der Waals surface area (Å²) < 4.78 is 10.1. The monoisotopic (exact) mass is 394 g/mol. The Morgan fingerprint density at radius 2 is 2.08 bits per heavy atom. The first-order chi connectivity index (χ1) is 11.4. The highest BCUT2D eigenvalue weighted by Gasteiger charge is 2.18. The van der Waals surface area contributed by atoms with Crippen LogP contribution in [0.25, 0.3) is 6.08 Å². The lowest BCUT2D eigenvalue weighted by Crippen LogP contribution is -2.27. The van der Waals surface area contributed by atoms with E-state index in [0.29, 0.717) is 10.2 Å². The van der Waals surface area contributed by atoms with Gasteiger partial charge >= 0.3 is 5.97 Å². The summed E-state index contributed by atoms with van der Waals surface area (Å²) in [5, 5.41) is 13.2. The Balaban J connectivity index is 2.31. The normalized spacial score (nSPS) is 11.0. The third-order valence-electron chi connectivity index (χ3n) is 2.84. The minimum absolute atomic E-state index is 0.0179. The standard InChI is InChI=1S/C15H11BrN2O6/c1-23-15(20)11(17-14(19)12-5-6-13(16)24-12)8-9-3-2-4-10(7-9)18(21)22/h2-8H,1H3,(H,17,19)/b11-8-. The van der Waals surface area contributed by atoms with Crippen molar-refractivity contribution >= 4 is 39.6 Å². The molecule has 2 rings (SSSR count). The number of methoxy groups -OCH3 is 1. The minimum Gasteiger partial charge on any atom is -0.464 e. The molecule has 24 heavy (non-hydrogen) atoms. The van der Waals surface area contributed by atoms with Crippen LogP contribution in [0, 0.1) is 10.1 Å². The average molecular weight is 395 g/mol. The second-order valence-corrected chi connectivity index (χ2v) is 5.24. The molecule has 2 aromatic rings. The number of furan rings is 1. The summed E-state index contributed by atoms with van der Waals surface area (Å²) in [7, 11) is 1.15. The number of halogens is 1. The maximum Gasteiger partial charge on any atom is 0.354 e. The molecule has 124 valence electrons. The van der Waals surface area contributed by atoms with Gasteiger partial charge in [-0.05, 0) is 39.7 Å². The molecule has 9 heteroatoms. The second kappa shape index (κ2) is 7.55. The van der Waals surface area contributed by atoms with Gasteiger partial charge in [0, 0.05) is 12.1 Å². The topological polar surface area (TPSA) is 112 Å². The van der Waals surface area contributed by atoms with Gasteiger partial charge in [0.15, 0.2) is 10.4 Å². The smallest absolute Gasteiger partial charge is 0.354 e. The highest BCUT2D eigenvalue weighted by Crippen LogP contribution is 2.17. The summed E-state index contributed by atoms with van der Waals surface area (Å²) in [5.41, 5.74) is 0.0234. The van der Waals surface area contributed by atoms with Crippen LogP contribution in [-0.2, 0) is 9.53 Å². The average Bonchev–Trinajstić information content (AvgIpc) is 3.00. The minimum atomic E-state index is -0.805. The summed E-state index contributed by atoms with van der Waals surface area (Å²) in [6, 6.07) is 8.53. The zero-order valence-corrected chi connectivity index (χ0v) is 13.9. The Bertz CT molecular complexity index is 827. The molecule has 0 unspecified atom stereocenters. The van der Waals surface area contributed by atoms with E-state index >= 15 is 0 Å². The molecule has 8 nitrogen and oxygen atoms in total. The van der Waals surface area contributed by atoms with Crippen molar-refractivity contribution in [2.45, 2.75) is 0 Å². The van der Waals surface area contributed by atoms with E-state index in [1.807, 2.05) is 0 Å². The fraction of sp³-hybridized carbons (Fsp3) is 0.0667. The largest absolute Gasteiger partial charge is 0.464 e. The number of benzene rings is 1. The Kier molecular flexibility index (Phi) is 5.48. The zero-order chi connectivity index (χ0) is 17.7. The number of hydrogen-bond donors (Lipinski definition) is 1. The van der Waals surface area contributed by atoms with E-state index in [1.165, 1.54) is 36.4 Å². The molecule has 1 heterocycles.